The molecule has 0 saturated carbocycles. The Bertz CT molecular complexity index is 808. The van der Waals surface area contributed by atoms with Gasteiger partial charge < -0.3 is 14.4 Å². The van der Waals surface area contributed by atoms with Crippen molar-refractivity contribution in [3.05, 3.63) is 35.4 Å². The lowest BCUT2D eigenvalue weighted by Gasteiger charge is -2.33. The van der Waals surface area contributed by atoms with E-state index < -0.39 is 17.5 Å². The maximum absolute atomic E-state index is 12.1. The van der Waals surface area contributed by atoms with Crippen LogP contribution in [0.4, 0.5) is 4.79 Å². The number of hydrazine groups is 1. The van der Waals surface area contributed by atoms with E-state index in [2.05, 4.69) is 15.6 Å². The molecule has 2 rings (SSSR count). The van der Waals surface area contributed by atoms with Gasteiger partial charge in [0.05, 0.1) is 12.7 Å². The molecule has 0 radical (unpaired) electrons. The van der Waals surface area contributed by atoms with Crippen molar-refractivity contribution < 1.29 is 28.7 Å². The van der Waals surface area contributed by atoms with Crippen molar-refractivity contribution in [3.63, 3.8) is 0 Å². The summed E-state index contributed by atoms with van der Waals surface area (Å²) in [4.78, 5) is 49.4. The van der Waals surface area contributed by atoms with Crippen LogP contribution in [0.25, 0.3) is 0 Å². The third-order valence-corrected chi connectivity index (χ3v) is 5.17. The van der Waals surface area contributed by atoms with Crippen LogP contribution in [0.3, 0.4) is 0 Å². The number of hydrogen-bond acceptors (Lipinski definition) is 6. The van der Waals surface area contributed by atoms with E-state index in [1.807, 2.05) is 20.8 Å². The van der Waals surface area contributed by atoms with E-state index in [0.717, 1.165) is 19.3 Å². The molecule has 32 heavy (non-hydrogen) atoms. The number of amides is 3. The highest BCUT2D eigenvalue weighted by Crippen LogP contribution is 2.23. The van der Waals surface area contributed by atoms with Gasteiger partial charge in [0.15, 0.2) is 0 Å². The Morgan fingerprint density at radius 1 is 1.00 bits per heavy atom. The van der Waals surface area contributed by atoms with Crippen LogP contribution in [0.2, 0.25) is 0 Å². The number of esters is 1. The first-order valence-electron chi connectivity index (χ1n) is 10.8. The first kappa shape index (κ1) is 25.2. The van der Waals surface area contributed by atoms with Gasteiger partial charge in [0.1, 0.15) is 5.60 Å². The van der Waals surface area contributed by atoms with Gasteiger partial charge in [-0.15, -0.1) is 0 Å². The van der Waals surface area contributed by atoms with Crippen LogP contribution in [0, 0.1) is 5.92 Å². The van der Waals surface area contributed by atoms with Crippen molar-refractivity contribution in [2.75, 3.05) is 20.2 Å². The summed E-state index contributed by atoms with van der Waals surface area (Å²) in [6.45, 7) is 6.89. The molecule has 2 N–H and O–H groups in total. The Labute approximate surface area is 188 Å². The number of benzene rings is 1. The van der Waals surface area contributed by atoms with Crippen molar-refractivity contribution >= 4 is 23.9 Å². The van der Waals surface area contributed by atoms with E-state index in [1.54, 1.807) is 4.90 Å². The zero-order valence-electron chi connectivity index (χ0n) is 19.2. The van der Waals surface area contributed by atoms with Crippen LogP contribution >= 0.6 is 0 Å². The first-order chi connectivity index (χ1) is 15.1. The molecule has 1 saturated heterocycles. The van der Waals surface area contributed by atoms with Crippen LogP contribution < -0.4 is 10.9 Å². The van der Waals surface area contributed by atoms with Gasteiger partial charge in [-0.25, -0.2) is 9.59 Å². The molecule has 0 spiro atoms. The molecule has 1 heterocycles. The number of likely N-dealkylation sites (tertiary alicyclic amines) is 1. The van der Waals surface area contributed by atoms with E-state index in [4.69, 9.17) is 4.74 Å². The van der Waals surface area contributed by atoms with Crippen molar-refractivity contribution in [1.29, 1.82) is 0 Å². The number of hydrogen-bond donors (Lipinski definition) is 2. The van der Waals surface area contributed by atoms with Gasteiger partial charge in [0.2, 0.25) is 5.91 Å². The fourth-order valence-electron chi connectivity index (χ4n) is 3.42. The molecule has 0 aliphatic carbocycles. The fourth-order valence-corrected chi connectivity index (χ4v) is 3.42. The summed E-state index contributed by atoms with van der Waals surface area (Å²) in [7, 11) is 1.28. The number of rotatable bonds is 6. The van der Waals surface area contributed by atoms with Crippen LogP contribution in [-0.4, -0.2) is 54.6 Å². The third kappa shape index (κ3) is 8.20. The fraction of sp³-hybridized carbons (Fsp3) is 0.565. The van der Waals surface area contributed by atoms with Crippen LogP contribution in [0.15, 0.2) is 24.3 Å². The van der Waals surface area contributed by atoms with E-state index in [9.17, 15) is 19.2 Å². The predicted molar refractivity (Wildman–Crippen MR) is 118 cm³/mol. The second-order valence-electron chi connectivity index (χ2n) is 8.87. The molecule has 9 nitrogen and oxygen atoms in total. The zero-order chi connectivity index (χ0) is 23.7. The van der Waals surface area contributed by atoms with Gasteiger partial charge in [-0.1, -0.05) is 0 Å². The normalized spacial score (nSPS) is 14.4. The van der Waals surface area contributed by atoms with E-state index in [1.165, 1.54) is 31.4 Å². The Hall–Kier alpha value is -3.10. The van der Waals surface area contributed by atoms with Crippen LogP contribution in [0.1, 0.15) is 73.6 Å². The summed E-state index contributed by atoms with van der Waals surface area (Å²) < 4.78 is 10.0. The quantitative estimate of drug-likeness (QED) is 0.512. The van der Waals surface area contributed by atoms with Crippen molar-refractivity contribution in [2.24, 2.45) is 5.92 Å². The molecule has 9 heteroatoms. The summed E-state index contributed by atoms with van der Waals surface area (Å²) in [5, 5.41) is 0. The number of methoxy groups -OCH3 is 1. The minimum absolute atomic E-state index is 0.268. The monoisotopic (exact) mass is 447 g/mol. The second kappa shape index (κ2) is 11.5. The molecule has 0 unspecified atom stereocenters. The Morgan fingerprint density at radius 2 is 1.59 bits per heavy atom. The lowest BCUT2D eigenvalue weighted by molar-refractivity contribution is -0.122. The van der Waals surface area contributed by atoms with Crippen molar-refractivity contribution in [2.45, 2.75) is 58.5 Å². The van der Waals surface area contributed by atoms with E-state index in [-0.39, 0.29) is 12.0 Å². The molecule has 0 aromatic heterocycles. The first-order valence-corrected chi connectivity index (χ1v) is 10.8. The van der Waals surface area contributed by atoms with E-state index in [0.29, 0.717) is 43.0 Å². The number of nitrogens with one attached hydrogen (secondary N) is 2. The predicted octanol–water partition coefficient (Wildman–Crippen LogP) is 3.05. The van der Waals surface area contributed by atoms with Gasteiger partial charge in [-0.3, -0.25) is 20.4 Å². The standard InChI is InChI=1S/C23H33N3O6/c1-23(2,3)32-22(30)26-14-12-16(13-15-26)6-5-7-19(27)24-25-20(28)17-8-10-18(11-9-17)21(29)31-4/h8-11,16H,5-7,12-15H2,1-4H3,(H,24,27)(H,25,28). The van der Waals surface area contributed by atoms with Crippen LogP contribution in [0.5, 0.6) is 0 Å². The topological polar surface area (TPSA) is 114 Å². The van der Waals surface area contributed by atoms with Gasteiger partial charge in [0.25, 0.3) is 5.91 Å². The smallest absolute Gasteiger partial charge is 0.410 e. The highest BCUT2D eigenvalue weighted by Gasteiger charge is 2.26. The second-order valence-corrected chi connectivity index (χ2v) is 8.87. The Morgan fingerprint density at radius 3 is 2.16 bits per heavy atom. The SMILES string of the molecule is COC(=O)c1ccc(C(=O)NNC(=O)CCCC2CCN(C(=O)OC(C)(C)C)CC2)cc1. The highest BCUT2D eigenvalue weighted by atomic mass is 16.6. The molecular weight excluding hydrogens is 414 g/mol. The number of ether oxygens (including phenoxy) is 2. The maximum atomic E-state index is 12.1. The summed E-state index contributed by atoms with van der Waals surface area (Å²) in [6, 6.07) is 5.93. The maximum Gasteiger partial charge on any atom is 0.410 e. The molecule has 1 aliphatic heterocycles. The number of carbonyl (C=O) groups excluding carboxylic acids is 4. The Kier molecular flexibility index (Phi) is 9.04. The largest absolute Gasteiger partial charge is 0.465 e. The molecule has 3 amide bonds. The van der Waals surface area contributed by atoms with Gasteiger partial charge in [-0.2, -0.15) is 0 Å². The lowest BCUT2D eigenvalue weighted by Crippen LogP contribution is -2.42. The minimum Gasteiger partial charge on any atom is -0.465 e. The number of piperidine rings is 1. The minimum atomic E-state index is -0.497. The van der Waals surface area contributed by atoms with E-state index >= 15 is 0 Å². The summed E-state index contributed by atoms with van der Waals surface area (Å²) in [5.74, 6) is -0.759. The summed E-state index contributed by atoms with van der Waals surface area (Å²) >= 11 is 0. The van der Waals surface area contributed by atoms with Gasteiger partial charge in [0, 0.05) is 25.1 Å². The van der Waals surface area contributed by atoms with Crippen molar-refractivity contribution in [3.8, 4) is 0 Å². The van der Waals surface area contributed by atoms with Gasteiger partial charge in [-0.05, 0) is 76.6 Å². The molecule has 1 fully saturated rings. The van der Waals surface area contributed by atoms with Crippen molar-refractivity contribution in [1.82, 2.24) is 15.8 Å². The summed E-state index contributed by atoms with van der Waals surface area (Å²) in [6.07, 6.45) is 3.39. The van der Waals surface area contributed by atoms with Crippen LogP contribution in [-0.2, 0) is 14.3 Å². The molecule has 1 aliphatic rings. The number of carbonyl (C=O) groups is 4. The molecule has 176 valence electrons. The highest BCUT2D eigenvalue weighted by molar-refractivity contribution is 5.97. The Balaban J connectivity index is 1.63. The molecular formula is C23H33N3O6. The average Bonchev–Trinajstić information content (AvgIpc) is 2.76. The molecule has 1 aromatic rings. The average molecular weight is 448 g/mol. The molecule has 0 bridgehead atoms. The molecule has 1 aromatic carbocycles. The summed E-state index contributed by atoms with van der Waals surface area (Å²) in [5.41, 5.74) is 4.94. The van der Waals surface area contributed by atoms with Gasteiger partial charge >= 0.3 is 12.1 Å². The lowest BCUT2D eigenvalue weighted by atomic mass is 9.91. The third-order valence-electron chi connectivity index (χ3n) is 5.17. The number of nitrogens with zero attached hydrogens (tertiary/aromatic N) is 1. The zero-order valence-corrected chi connectivity index (χ0v) is 19.2. The molecule has 0 atom stereocenters.